The normalized spacial score (nSPS) is 20.3. The van der Waals surface area contributed by atoms with Gasteiger partial charge in [0, 0.05) is 27.1 Å². The van der Waals surface area contributed by atoms with Crippen molar-refractivity contribution >= 4 is 25.5 Å². The summed E-state index contributed by atoms with van der Waals surface area (Å²) < 4.78 is 42.8. The summed E-state index contributed by atoms with van der Waals surface area (Å²) in [5.41, 5.74) is 1.34. The Morgan fingerprint density at radius 1 is 1.29 bits per heavy atom. The predicted octanol–water partition coefficient (Wildman–Crippen LogP) is 4.64. The fourth-order valence-corrected chi connectivity index (χ4v) is 6.06. The van der Waals surface area contributed by atoms with E-state index in [4.69, 9.17) is 26.6 Å². The summed E-state index contributed by atoms with van der Waals surface area (Å²) in [6.45, 7) is 9.72. The molecule has 4 rings (SSSR count). The summed E-state index contributed by atoms with van der Waals surface area (Å²) in [6.07, 6.45) is 2.88. The minimum Gasteiger partial charge on any atom is -0.400 e. The van der Waals surface area contributed by atoms with Gasteiger partial charge in [0.05, 0.1) is 45.2 Å². The Morgan fingerprint density at radius 3 is 2.73 bits per heavy atom. The van der Waals surface area contributed by atoms with Crippen molar-refractivity contribution in [3.05, 3.63) is 48.5 Å². The van der Waals surface area contributed by atoms with Crippen LogP contribution in [0, 0.1) is 11.3 Å². The molecule has 224 valence electrons. The van der Waals surface area contributed by atoms with E-state index in [9.17, 15) is 0 Å². The largest absolute Gasteiger partial charge is 0.400 e. The minimum atomic E-state index is -1.48. The quantitative estimate of drug-likeness (QED) is 0.212. The molecule has 2 N–H and O–H groups in total. The first kappa shape index (κ1) is 29.7. The first-order valence-corrected chi connectivity index (χ1v) is 14.6. The summed E-state index contributed by atoms with van der Waals surface area (Å²) in [6, 6.07) is 12.5. The standard InChI is InChI=1S/C27H38N7O4P.CH4O/c1-20(2)34(21(3)4)39(36-13-9-12-28)37-17-27(5)16-35-15-23(38-27)33-19-32-24-25(30-18-31-26(24)33)29-14-22-10-7-6-8-11-22;1-2/h6-8,10-11,18-21,23H,9,13-17H2,1-5H3,(H,29,30,31);2H,1H3/t23-,27+,39?;/m1./s1/i5D;2T. The van der Waals surface area contributed by atoms with Gasteiger partial charge in [0.1, 0.15) is 11.9 Å². The fourth-order valence-electron chi connectivity index (χ4n) is 4.38. The molecule has 3 heterocycles. The van der Waals surface area contributed by atoms with E-state index in [0.29, 0.717) is 23.5 Å². The van der Waals surface area contributed by atoms with Gasteiger partial charge >= 0.3 is 0 Å². The molecule has 3 atom stereocenters. The Bertz CT molecular complexity index is 1280. The number of nitriles is 1. The molecular weight excluding hydrogens is 545 g/mol. The molecule has 0 amide bonds. The highest BCUT2D eigenvalue weighted by atomic mass is 31.2. The number of imidazole rings is 1. The SMILES string of the molecule is [2H]C[C@@]1(COP(OCCC#N)N(C(C)C)C(C)C)COC[C@H](n2cnc3c(NCc4ccccc4)ncnc32)O1.[3H]OC. The molecule has 41 heavy (non-hydrogen) atoms. The first-order chi connectivity index (χ1) is 20.8. The van der Waals surface area contributed by atoms with E-state index in [-0.39, 0.29) is 51.8 Å². The van der Waals surface area contributed by atoms with E-state index in [1.54, 1.807) is 6.33 Å². The summed E-state index contributed by atoms with van der Waals surface area (Å²) in [4.78, 5) is 13.4. The molecule has 0 radical (unpaired) electrons. The van der Waals surface area contributed by atoms with Gasteiger partial charge in [0.25, 0.3) is 8.53 Å². The molecule has 1 unspecified atom stereocenters. The zero-order valence-electron chi connectivity index (χ0n) is 26.4. The molecule has 1 aliphatic heterocycles. The van der Waals surface area contributed by atoms with Crippen LogP contribution in [0.3, 0.4) is 0 Å². The molecule has 0 aliphatic carbocycles. The van der Waals surface area contributed by atoms with Crippen molar-refractivity contribution in [3.8, 4) is 6.07 Å². The number of aliphatic hydroxyl groups excluding tert-OH is 1. The van der Waals surface area contributed by atoms with Crippen LogP contribution in [0.4, 0.5) is 5.82 Å². The van der Waals surface area contributed by atoms with Crippen molar-refractivity contribution in [1.29, 1.82) is 6.69 Å². The van der Waals surface area contributed by atoms with E-state index in [1.165, 1.54) is 13.4 Å². The zero-order valence-corrected chi connectivity index (χ0v) is 25.3. The van der Waals surface area contributed by atoms with Gasteiger partial charge in [-0.1, -0.05) is 30.3 Å². The van der Waals surface area contributed by atoms with Crippen molar-refractivity contribution < 1.29 is 25.0 Å². The summed E-state index contributed by atoms with van der Waals surface area (Å²) in [5, 5.41) is 15.8. The van der Waals surface area contributed by atoms with Crippen LogP contribution >= 0.6 is 8.53 Å². The summed E-state index contributed by atoms with van der Waals surface area (Å²) >= 11 is 0. The van der Waals surface area contributed by atoms with Crippen LogP contribution in [0.5, 0.6) is 0 Å². The van der Waals surface area contributed by atoms with Crippen molar-refractivity contribution in [1.82, 2.24) is 24.2 Å². The van der Waals surface area contributed by atoms with Gasteiger partial charge in [-0.15, -0.1) is 0 Å². The third-order valence-corrected chi connectivity index (χ3v) is 8.14. The maximum atomic E-state index is 8.98. The fraction of sp³-hybridized carbons (Fsp3) is 0.571. The number of hydrogen-bond acceptors (Lipinski definition) is 11. The topological polar surface area (TPSA) is 140 Å². The Morgan fingerprint density at radius 2 is 2.05 bits per heavy atom. The Balaban J connectivity index is 0.00000162. The van der Waals surface area contributed by atoms with Crippen molar-refractivity contribution in [3.63, 3.8) is 0 Å². The maximum Gasteiger partial charge on any atom is 0.259 e. The van der Waals surface area contributed by atoms with Gasteiger partial charge < -0.3 is 28.9 Å². The van der Waals surface area contributed by atoms with Crippen LogP contribution in [0.25, 0.3) is 11.2 Å². The predicted molar refractivity (Wildman–Crippen MR) is 158 cm³/mol. The Kier molecular flexibility index (Phi) is 11.6. The lowest BCUT2D eigenvalue weighted by atomic mass is 10.1. The first-order valence-electron chi connectivity index (χ1n) is 14.6. The molecule has 0 saturated carbocycles. The maximum absolute atomic E-state index is 8.98. The van der Waals surface area contributed by atoms with Gasteiger partial charge in [-0.2, -0.15) is 5.26 Å². The number of hydrogen-bond donors (Lipinski definition) is 2. The lowest BCUT2D eigenvalue weighted by Crippen LogP contribution is -2.47. The van der Waals surface area contributed by atoms with E-state index in [2.05, 4.69) is 63.8 Å². The van der Waals surface area contributed by atoms with Gasteiger partial charge in [0.15, 0.2) is 23.2 Å². The van der Waals surface area contributed by atoms with Crippen LogP contribution in [0.2, 0.25) is 0 Å². The second kappa shape index (κ2) is 16.0. The molecule has 1 aromatic carbocycles. The highest BCUT2D eigenvalue weighted by Crippen LogP contribution is 2.47. The van der Waals surface area contributed by atoms with Gasteiger partial charge in [-0.05, 0) is 40.2 Å². The van der Waals surface area contributed by atoms with Crippen molar-refractivity contribution in [2.45, 2.75) is 71.5 Å². The Hall–Kier alpha value is -2.75. The molecule has 0 spiro atoms. The molecule has 12 nitrogen and oxygen atoms in total. The molecule has 2 aromatic heterocycles. The number of rotatable bonds is 13. The van der Waals surface area contributed by atoms with Crippen LogP contribution in [-0.2, 0) is 25.1 Å². The van der Waals surface area contributed by atoms with Crippen LogP contribution in [0.15, 0.2) is 43.0 Å². The van der Waals surface area contributed by atoms with E-state index in [0.717, 1.165) is 5.56 Å². The highest BCUT2D eigenvalue weighted by Gasteiger charge is 2.38. The monoisotopic (exact) mass is 590 g/mol. The average Bonchev–Trinajstić information content (AvgIpc) is 3.44. The van der Waals surface area contributed by atoms with Crippen molar-refractivity contribution in [2.24, 2.45) is 0 Å². The number of fused-ring (bicyclic) bond motifs is 1. The highest BCUT2D eigenvalue weighted by molar-refractivity contribution is 7.44. The smallest absolute Gasteiger partial charge is 0.259 e. The number of aromatic nitrogens is 4. The molecule has 13 heteroatoms. The molecule has 1 fully saturated rings. The van der Waals surface area contributed by atoms with Gasteiger partial charge in [-0.25, -0.2) is 19.6 Å². The number of ether oxygens (including phenoxy) is 2. The minimum absolute atomic E-state index is 0.0697. The average molecular weight is 591 g/mol. The molecule has 0 bridgehead atoms. The summed E-state index contributed by atoms with van der Waals surface area (Å²) in [7, 11) is -0.186. The second-order valence-electron chi connectivity index (χ2n) is 9.98. The number of aliphatic hydroxyl groups is 1. The Labute approximate surface area is 246 Å². The van der Waals surface area contributed by atoms with Crippen LogP contribution < -0.4 is 5.32 Å². The lowest BCUT2D eigenvalue weighted by Gasteiger charge is -2.41. The number of anilines is 1. The van der Waals surface area contributed by atoms with Crippen molar-refractivity contribution in [2.75, 3.05) is 38.9 Å². The van der Waals surface area contributed by atoms with E-state index in [1.807, 2.05) is 34.9 Å². The second-order valence-corrected chi connectivity index (χ2v) is 11.4. The number of benzene rings is 1. The van der Waals surface area contributed by atoms with Crippen LogP contribution in [-0.4, -0.2) is 82.0 Å². The summed E-state index contributed by atoms with van der Waals surface area (Å²) in [5.74, 6) is 0.627. The van der Waals surface area contributed by atoms with E-state index < -0.39 is 20.4 Å². The third-order valence-electron chi connectivity index (χ3n) is 6.08. The third kappa shape index (κ3) is 8.87. The van der Waals surface area contributed by atoms with Gasteiger partial charge in [0.2, 0.25) is 1.43 Å². The molecule has 1 aliphatic rings. The lowest BCUT2D eigenvalue weighted by molar-refractivity contribution is -0.225. The van der Waals surface area contributed by atoms with Crippen LogP contribution in [0.1, 0.15) is 54.2 Å². The number of nitrogens with zero attached hydrogens (tertiary/aromatic N) is 6. The zero-order chi connectivity index (χ0) is 31.2. The molecule has 3 aromatic rings. The molecule has 1 saturated heterocycles. The number of nitrogens with one attached hydrogen (secondary N) is 1. The molecular formula is C28H42N7O5P. The van der Waals surface area contributed by atoms with E-state index >= 15 is 0 Å². The van der Waals surface area contributed by atoms with Gasteiger partial charge in [-0.3, -0.25) is 4.57 Å².